The van der Waals surface area contributed by atoms with Crippen molar-refractivity contribution < 1.29 is 14.8 Å². The molecule has 12 heavy (non-hydrogen) atoms. The third-order valence-electron chi connectivity index (χ3n) is 1.04. The number of aromatic carboxylic acids is 1. The Hall–Kier alpha value is -2.05. The van der Waals surface area contributed by atoms with Gasteiger partial charge in [-0.2, -0.15) is 0 Å². The van der Waals surface area contributed by atoms with Crippen LogP contribution in [-0.4, -0.2) is 26.0 Å². The third kappa shape index (κ3) is 1.51. The molecule has 0 atom stereocenters. The van der Waals surface area contributed by atoms with Gasteiger partial charge in [0.05, 0.1) is 4.92 Å². The first-order chi connectivity index (χ1) is 5.61. The molecule has 0 aliphatic heterocycles. The number of nitro groups is 1. The van der Waals surface area contributed by atoms with Crippen LogP contribution in [0.2, 0.25) is 0 Å². The zero-order valence-electron chi connectivity index (χ0n) is 5.67. The summed E-state index contributed by atoms with van der Waals surface area (Å²) in [6, 6.07) is 0. The van der Waals surface area contributed by atoms with Crippen LogP contribution in [-0.2, 0) is 0 Å². The molecule has 1 aromatic rings. The standard InChI is InChI=1S/C5H3N3O4/c9-5(10)4-6-1-3(2-7-4)8(11)12/h1-2H,(H,9,10). The molecule has 7 heteroatoms. The van der Waals surface area contributed by atoms with Crippen molar-refractivity contribution >= 4 is 11.7 Å². The van der Waals surface area contributed by atoms with Crippen LogP contribution in [0.15, 0.2) is 12.4 Å². The molecule has 0 bridgehead atoms. The summed E-state index contributed by atoms with van der Waals surface area (Å²) in [7, 11) is 0. The van der Waals surface area contributed by atoms with Crippen LogP contribution in [0.25, 0.3) is 0 Å². The summed E-state index contributed by atoms with van der Waals surface area (Å²) in [6.45, 7) is 0. The number of aromatic nitrogens is 2. The topological polar surface area (TPSA) is 106 Å². The van der Waals surface area contributed by atoms with Crippen LogP contribution in [0.3, 0.4) is 0 Å². The van der Waals surface area contributed by atoms with Gasteiger partial charge < -0.3 is 5.11 Å². The Kier molecular flexibility index (Phi) is 1.95. The van der Waals surface area contributed by atoms with E-state index in [1.54, 1.807) is 0 Å². The molecule has 0 unspecified atom stereocenters. The molecule has 1 N–H and O–H groups in total. The summed E-state index contributed by atoms with van der Waals surface area (Å²) in [6.07, 6.45) is 1.69. The van der Waals surface area contributed by atoms with Crippen molar-refractivity contribution in [1.29, 1.82) is 0 Å². The first kappa shape index (κ1) is 8.05. The maximum absolute atomic E-state index is 10.2. The Balaban J connectivity index is 3.01. The molecule has 1 heterocycles. The normalized spacial score (nSPS) is 9.33. The van der Waals surface area contributed by atoms with E-state index in [9.17, 15) is 14.9 Å². The summed E-state index contributed by atoms with van der Waals surface area (Å²) in [5.41, 5.74) is -0.333. The van der Waals surface area contributed by atoms with E-state index in [0.29, 0.717) is 0 Å². The zero-order valence-corrected chi connectivity index (χ0v) is 5.67. The third-order valence-corrected chi connectivity index (χ3v) is 1.04. The minimum absolute atomic E-state index is 0.333. The van der Waals surface area contributed by atoms with E-state index in [1.807, 2.05) is 0 Å². The highest BCUT2D eigenvalue weighted by molar-refractivity contribution is 5.82. The summed E-state index contributed by atoms with van der Waals surface area (Å²) in [5, 5.41) is 18.4. The number of hydrogen-bond acceptors (Lipinski definition) is 5. The number of carboxylic acids is 1. The van der Waals surface area contributed by atoms with Crippen molar-refractivity contribution in [3.63, 3.8) is 0 Å². The molecule has 0 amide bonds. The van der Waals surface area contributed by atoms with Gasteiger partial charge in [-0.25, -0.2) is 14.8 Å². The van der Waals surface area contributed by atoms with Crippen molar-refractivity contribution in [1.82, 2.24) is 9.97 Å². The second-order valence-corrected chi connectivity index (χ2v) is 1.83. The molecule has 0 saturated carbocycles. The van der Waals surface area contributed by atoms with Crippen molar-refractivity contribution in [2.24, 2.45) is 0 Å². The fraction of sp³-hybridized carbons (Fsp3) is 0. The Bertz CT molecular complexity index is 287. The van der Waals surface area contributed by atoms with Crippen LogP contribution in [0, 0.1) is 10.1 Å². The van der Waals surface area contributed by atoms with Crippen molar-refractivity contribution in [3.8, 4) is 0 Å². The molecule has 0 radical (unpaired) electrons. The number of hydrogen-bond donors (Lipinski definition) is 1. The molecule has 1 rings (SSSR count). The van der Waals surface area contributed by atoms with Crippen LogP contribution >= 0.6 is 0 Å². The lowest BCUT2D eigenvalue weighted by Gasteiger charge is -1.90. The molecule has 62 valence electrons. The van der Waals surface area contributed by atoms with Gasteiger partial charge in [-0.3, -0.25) is 10.1 Å². The molecule has 0 aliphatic rings. The molecule has 0 fully saturated rings. The van der Waals surface area contributed by atoms with Gasteiger partial charge in [-0.1, -0.05) is 0 Å². The maximum atomic E-state index is 10.2. The quantitative estimate of drug-likeness (QED) is 0.496. The van der Waals surface area contributed by atoms with Gasteiger partial charge in [0.2, 0.25) is 5.82 Å². The van der Waals surface area contributed by atoms with Crippen LogP contribution < -0.4 is 0 Å². The lowest BCUT2D eigenvalue weighted by atomic mass is 10.5. The Morgan fingerprint density at radius 1 is 1.50 bits per heavy atom. The van der Waals surface area contributed by atoms with Gasteiger partial charge in [0.15, 0.2) is 0 Å². The minimum Gasteiger partial charge on any atom is -0.475 e. The lowest BCUT2D eigenvalue weighted by molar-refractivity contribution is -0.385. The smallest absolute Gasteiger partial charge is 0.373 e. The van der Waals surface area contributed by atoms with E-state index in [2.05, 4.69) is 9.97 Å². The average molecular weight is 169 g/mol. The van der Waals surface area contributed by atoms with E-state index < -0.39 is 16.7 Å². The highest BCUT2D eigenvalue weighted by atomic mass is 16.6. The molecule has 0 spiro atoms. The van der Waals surface area contributed by atoms with Crippen LogP contribution in [0.1, 0.15) is 10.6 Å². The Morgan fingerprint density at radius 2 is 2.00 bits per heavy atom. The Morgan fingerprint density at radius 3 is 2.33 bits per heavy atom. The minimum atomic E-state index is -1.31. The van der Waals surface area contributed by atoms with Gasteiger partial charge in [0.1, 0.15) is 12.4 Å². The summed E-state index contributed by atoms with van der Waals surface area (Å²) >= 11 is 0. The van der Waals surface area contributed by atoms with E-state index >= 15 is 0 Å². The molecular formula is C5H3N3O4. The SMILES string of the molecule is O=C(O)c1ncc([N+](=O)[O-])cn1. The lowest BCUT2D eigenvalue weighted by Crippen LogP contribution is -2.03. The summed E-state index contributed by atoms with van der Waals surface area (Å²) in [4.78, 5) is 26.0. The summed E-state index contributed by atoms with van der Waals surface area (Å²) < 4.78 is 0. The van der Waals surface area contributed by atoms with E-state index in [4.69, 9.17) is 5.11 Å². The number of rotatable bonds is 2. The highest BCUT2D eigenvalue weighted by Gasteiger charge is 2.10. The molecule has 1 aromatic heterocycles. The number of carbonyl (C=O) groups is 1. The molecule has 7 nitrogen and oxygen atoms in total. The number of carboxylic acid groups (broad SMARTS) is 1. The molecule has 0 aliphatic carbocycles. The molecule has 0 aromatic carbocycles. The second kappa shape index (κ2) is 2.91. The number of nitrogens with zero attached hydrogens (tertiary/aromatic N) is 3. The average Bonchev–Trinajstić information content (AvgIpc) is 2.04. The predicted molar refractivity (Wildman–Crippen MR) is 35.6 cm³/mol. The first-order valence-corrected chi connectivity index (χ1v) is 2.81. The molecule has 0 saturated heterocycles. The van der Waals surface area contributed by atoms with Gasteiger partial charge in [-0.05, 0) is 0 Å². The van der Waals surface area contributed by atoms with Gasteiger partial charge in [0, 0.05) is 0 Å². The Labute approximate surface area is 65.8 Å². The fourth-order valence-corrected chi connectivity index (χ4v) is 0.526. The monoisotopic (exact) mass is 169 g/mol. The van der Waals surface area contributed by atoms with E-state index in [1.165, 1.54) is 0 Å². The van der Waals surface area contributed by atoms with E-state index in [-0.39, 0.29) is 5.69 Å². The van der Waals surface area contributed by atoms with E-state index in [0.717, 1.165) is 12.4 Å². The van der Waals surface area contributed by atoms with Gasteiger partial charge >= 0.3 is 11.7 Å². The van der Waals surface area contributed by atoms with Crippen LogP contribution in [0.5, 0.6) is 0 Å². The second-order valence-electron chi connectivity index (χ2n) is 1.83. The fourth-order valence-electron chi connectivity index (χ4n) is 0.526. The molecular weight excluding hydrogens is 166 g/mol. The zero-order chi connectivity index (χ0) is 9.14. The first-order valence-electron chi connectivity index (χ1n) is 2.81. The van der Waals surface area contributed by atoms with Crippen molar-refractivity contribution in [2.45, 2.75) is 0 Å². The van der Waals surface area contributed by atoms with Crippen LogP contribution in [0.4, 0.5) is 5.69 Å². The van der Waals surface area contributed by atoms with Crippen molar-refractivity contribution in [2.75, 3.05) is 0 Å². The largest absolute Gasteiger partial charge is 0.475 e. The van der Waals surface area contributed by atoms with Gasteiger partial charge in [-0.15, -0.1) is 0 Å². The van der Waals surface area contributed by atoms with Crippen molar-refractivity contribution in [3.05, 3.63) is 28.3 Å². The highest BCUT2D eigenvalue weighted by Crippen LogP contribution is 2.05. The van der Waals surface area contributed by atoms with Gasteiger partial charge in [0.25, 0.3) is 0 Å². The maximum Gasteiger partial charge on any atom is 0.373 e. The predicted octanol–water partition coefficient (Wildman–Crippen LogP) is 0.0830. The summed E-state index contributed by atoms with van der Waals surface area (Å²) in [5.74, 6) is -1.77.